The number of hydrogen-bond donors (Lipinski definition) is 0. The number of hydrogen-bond acceptors (Lipinski definition) is 9. The minimum atomic E-state index is -0.654. The minimum absolute atomic E-state index is 0.0125. The fourth-order valence-electron chi connectivity index (χ4n) is 3.53. The van der Waals surface area contributed by atoms with Crippen LogP contribution in [0.1, 0.15) is 10.6 Å². The van der Waals surface area contributed by atoms with Gasteiger partial charge in [0.25, 0.3) is 5.91 Å². The van der Waals surface area contributed by atoms with Crippen LogP contribution in [0.2, 0.25) is 0 Å². The van der Waals surface area contributed by atoms with Gasteiger partial charge >= 0.3 is 5.88 Å². The number of nitrogens with zero attached hydrogens (tertiary/aromatic N) is 7. The summed E-state index contributed by atoms with van der Waals surface area (Å²) in [6.07, 6.45) is 0. The summed E-state index contributed by atoms with van der Waals surface area (Å²) in [7, 11) is 2.11. The van der Waals surface area contributed by atoms with E-state index in [0.29, 0.717) is 26.2 Å². The van der Waals surface area contributed by atoms with Gasteiger partial charge in [0.2, 0.25) is 0 Å². The molecule has 4 rings (SSSR count). The smallest absolute Gasteiger partial charge is 0.395 e. The van der Waals surface area contributed by atoms with Crippen molar-refractivity contribution in [2.24, 2.45) is 0 Å². The van der Waals surface area contributed by atoms with Gasteiger partial charge in [0.15, 0.2) is 17.4 Å². The molecule has 2 aliphatic rings. The first-order chi connectivity index (χ1) is 14.0. The Morgan fingerprint density at radius 1 is 0.931 bits per heavy atom. The summed E-state index contributed by atoms with van der Waals surface area (Å²) in [6, 6.07) is 6.50. The maximum atomic E-state index is 12.5. The Hall–Kier alpha value is -3.21. The Labute approximate surface area is 167 Å². The molecule has 2 saturated heterocycles. The van der Waals surface area contributed by atoms with Gasteiger partial charge in [-0.2, -0.15) is 0 Å². The van der Waals surface area contributed by atoms with Gasteiger partial charge in [0.05, 0.1) is 6.07 Å². The topological polar surface area (TPSA) is 112 Å². The van der Waals surface area contributed by atoms with Gasteiger partial charge in [-0.15, -0.1) is 10.2 Å². The monoisotopic (exact) mass is 401 g/mol. The van der Waals surface area contributed by atoms with Crippen LogP contribution in [0.5, 0.6) is 0 Å². The van der Waals surface area contributed by atoms with Crippen molar-refractivity contribution in [1.82, 2.24) is 20.0 Å². The zero-order valence-electron chi connectivity index (χ0n) is 16.2. The first kappa shape index (κ1) is 19.1. The highest BCUT2D eigenvalue weighted by Gasteiger charge is 2.26. The van der Waals surface area contributed by atoms with Crippen LogP contribution in [0.15, 0.2) is 28.7 Å². The van der Waals surface area contributed by atoms with E-state index in [0.717, 1.165) is 37.8 Å². The van der Waals surface area contributed by atoms with Crippen molar-refractivity contribution in [3.05, 3.63) is 40.1 Å². The number of aromatic nitrogens is 2. The van der Waals surface area contributed by atoms with Gasteiger partial charge < -0.3 is 24.0 Å². The van der Waals surface area contributed by atoms with Crippen LogP contribution in [0.25, 0.3) is 0 Å². The molecule has 0 spiro atoms. The van der Waals surface area contributed by atoms with Crippen LogP contribution in [0.3, 0.4) is 0 Å². The second-order valence-electron chi connectivity index (χ2n) is 7.21. The van der Waals surface area contributed by atoms with Crippen molar-refractivity contribution >= 4 is 23.4 Å². The molecule has 0 unspecified atom stereocenters. The quantitative estimate of drug-likeness (QED) is 0.539. The van der Waals surface area contributed by atoms with E-state index in [1.54, 1.807) is 4.90 Å². The third-order valence-electron chi connectivity index (χ3n) is 5.34. The molecule has 0 bridgehead atoms. The van der Waals surface area contributed by atoms with Crippen LogP contribution in [0.4, 0.5) is 17.5 Å². The van der Waals surface area contributed by atoms with Crippen molar-refractivity contribution in [3.63, 3.8) is 0 Å². The van der Waals surface area contributed by atoms with E-state index in [1.807, 2.05) is 12.1 Å². The second-order valence-corrected chi connectivity index (χ2v) is 7.21. The number of likely N-dealkylation sites (N-methyl/N-ethyl adjacent to an activating group) is 1. The molecular formula is C18H23N7O4. The molecule has 11 nitrogen and oxygen atoms in total. The number of piperazine rings is 2. The summed E-state index contributed by atoms with van der Waals surface area (Å²) in [5.74, 6) is 0.886. The van der Waals surface area contributed by atoms with E-state index in [4.69, 9.17) is 4.42 Å². The van der Waals surface area contributed by atoms with Crippen molar-refractivity contribution in [2.75, 3.05) is 69.2 Å². The summed E-state index contributed by atoms with van der Waals surface area (Å²) in [5.41, 5.74) is 0. The molecule has 0 atom stereocenters. The van der Waals surface area contributed by atoms with Crippen LogP contribution < -0.4 is 9.80 Å². The number of anilines is 2. The summed E-state index contributed by atoms with van der Waals surface area (Å²) in [4.78, 5) is 30.8. The molecule has 4 heterocycles. The van der Waals surface area contributed by atoms with Crippen LogP contribution in [-0.4, -0.2) is 90.2 Å². The van der Waals surface area contributed by atoms with E-state index in [-0.39, 0.29) is 11.7 Å². The number of furan rings is 1. The SMILES string of the molecule is CN1CCN(c2ccc(N3CCN(C(=O)c4ccc([N+](=O)[O-])o4)CC3)nn2)CC1. The average Bonchev–Trinajstić information content (AvgIpc) is 3.25. The lowest BCUT2D eigenvalue weighted by Gasteiger charge is -2.35. The van der Waals surface area contributed by atoms with E-state index in [9.17, 15) is 14.9 Å². The largest absolute Gasteiger partial charge is 0.433 e. The van der Waals surface area contributed by atoms with Crippen molar-refractivity contribution in [2.45, 2.75) is 0 Å². The van der Waals surface area contributed by atoms with Crippen molar-refractivity contribution in [1.29, 1.82) is 0 Å². The van der Waals surface area contributed by atoms with Crippen LogP contribution in [-0.2, 0) is 0 Å². The summed E-state index contributed by atoms with van der Waals surface area (Å²) >= 11 is 0. The molecule has 1 amide bonds. The molecule has 0 radical (unpaired) electrons. The summed E-state index contributed by atoms with van der Waals surface area (Å²) in [5, 5.41) is 19.5. The Bertz CT molecular complexity index is 869. The fraction of sp³-hybridized carbons (Fsp3) is 0.500. The molecule has 0 saturated carbocycles. The Morgan fingerprint density at radius 2 is 1.48 bits per heavy atom. The second kappa shape index (κ2) is 8.03. The molecule has 154 valence electrons. The molecule has 2 aromatic rings. The van der Waals surface area contributed by atoms with E-state index < -0.39 is 10.8 Å². The predicted octanol–water partition coefficient (Wildman–Crippen LogP) is 0.692. The highest BCUT2D eigenvalue weighted by Crippen LogP contribution is 2.20. The average molecular weight is 401 g/mol. The zero-order chi connectivity index (χ0) is 20.4. The maximum Gasteiger partial charge on any atom is 0.433 e. The first-order valence-corrected chi connectivity index (χ1v) is 9.57. The zero-order valence-corrected chi connectivity index (χ0v) is 16.2. The van der Waals surface area contributed by atoms with Gasteiger partial charge in [-0.25, -0.2) is 0 Å². The highest BCUT2D eigenvalue weighted by molar-refractivity contribution is 5.92. The molecule has 2 aliphatic heterocycles. The molecule has 0 aromatic carbocycles. The third kappa shape index (κ3) is 4.14. The molecule has 29 heavy (non-hydrogen) atoms. The molecule has 0 N–H and O–H groups in total. The molecule has 2 aromatic heterocycles. The number of amides is 1. The highest BCUT2D eigenvalue weighted by atomic mass is 16.6. The van der Waals surface area contributed by atoms with Gasteiger partial charge in [-0.1, -0.05) is 0 Å². The van der Waals surface area contributed by atoms with Gasteiger partial charge in [-0.3, -0.25) is 14.9 Å². The Morgan fingerprint density at radius 3 is 1.97 bits per heavy atom. The molecule has 0 aliphatic carbocycles. The number of carbonyl (C=O) groups is 1. The summed E-state index contributed by atoms with van der Waals surface area (Å²) in [6.45, 7) is 6.08. The standard InChI is InChI=1S/C18H23N7O4/c1-21-6-8-22(9-7-21)15-3-4-16(20-19-15)23-10-12-24(13-11-23)18(26)14-2-5-17(29-14)25(27)28/h2-5H,6-13H2,1H3. The number of carbonyl (C=O) groups excluding carboxylic acids is 1. The Balaban J connectivity index is 1.33. The minimum Gasteiger partial charge on any atom is -0.395 e. The molecular weight excluding hydrogens is 378 g/mol. The van der Waals surface area contributed by atoms with Crippen LogP contribution in [0, 0.1) is 10.1 Å². The van der Waals surface area contributed by atoms with Crippen molar-refractivity contribution in [3.8, 4) is 0 Å². The predicted molar refractivity (Wildman–Crippen MR) is 105 cm³/mol. The van der Waals surface area contributed by atoms with Gasteiger partial charge in [-0.05, 0) is 25.2 Å². The Kier molecular flexibility index (Phi) is 5.30. The fourth-order valence-corrected chi connectivity index (χ4v) is 3.53. The lowest BCUT2D eigenvalue weighted by molar-refractivity contribution is -0.402. The normalized spacial score (nSPS) is 18.2. The van der Waals surface area contributed by atoms with E-state index >= 15 is 0 Å². The van der Waals surface area contributed by atoms with E-state index in [1.165, 1.54) is 12.1 Å². The van der Waals surface area contributed by atoms with E-state index in [2.05, 4.69) is 31.9 Å². The maximum absolute atomic E-state index is 12.5. The van der Waals surface area contributed by atoms with Crippen molar-refractivity contribution < 1.29 is 14.1 Å². The summed E-state index contributed by atoms with van der Waals surface area (Å²) < 4.78 is 5.02. The van der Waals surface area contributed by atoms with Gasteiger partial charge in [0, 0.05) is 52.4 Å². The third-order valence-corrected chi connectivity index (χ3v) is 5.34. The first-order valence-electron chi connectivity index (χ1n) is 9.57. The van der Waals surface area contributed by atoms with Gasteiger partial charge in [0.1, 0.15) is 4.92 Å². The lowest BCUT2D eigenvalue weighted by Crippen LogP contribution is -2.49. The van der Waals surface area contributed by atoms with Crippen LogP contribution >= 0.6 is 0 Å². The molecule has 11 heteroatoms. The molecule has 2 fully saturated rings. The number of nitro groups is 1. The number of rotatable bonds is 4. The lowest BCUT2D eigenvalue weighted by atomic mass is 10.2.